The van der Waals surface area contributed by atoms with Crippen molar-refractivity contribution in [3.63, 3.8) is 0 Å². The van der Waals surface area contributed by atoms with Gasteiger partial charge in [0.2, 0.25) is 21.8 Å². The van der Waals surface area contributed by atoms with Gasteiger partial charge in [-0.1, -0.05) is 66.2 Å². The van der Waals surface area contributed by atoms with E-state index >= 15 is 0 Å². The van der Waals surface area contributed by atoms with E-state index in [0.29, 0.717) is 10.7 Å². The maximum Gasteiger partial charge on any atom is 0.244 e. The molecule has 4 aliphatic rings. The Labute approximate surface area is 291 Å². The molecule has 1 N–H and O–H groups in total. The number of hydrogen-bond donors (Lipinski definition) is 1. The minimum Gasteiger partial charge on any atom is -0.350 e. The van der Waals surface area contributed by atoms with Crippen LogP contribution in [0.2, 0.25) is 5.02 Å². The molecule has 0 aliphatic heterocycles. The molecule has 9 heteroatoms. The minimum absolute atomic E-state index is 0.105. The van der Waals surface area contributed by atoms with E-state index in [1.54, 1.807) is 12.1 Å². The van der Waals surface area contributed by atoms with Crippen molar-refractivity contribution in [1.29, 1.82) is 0 Å². The van der Waals surface area contributed by atoms with E-state index in [9.17, 15) is 18.0 Å². The van der Waals surface area contributed by atoms with Gasteiger partial charge in [-0.25, -0.2) is 8.42 Å². The van der Waals surface area contributed by atoms with Crippen LogP contribution in [0.5, 0.6) is 0 Å². The van der Waals surface area contributed by atoms with Crippen LogP contribution in [0.15, 0.2) is 78.9 Å². The van der Waals surface area contributed by atoms with Crippen molar-refractivity contribution in [2.75, 3.05) is 17.1 Å². The molecule has 48 heavy (non-hydrogen) atoms. The summed E-state index contributed by atoms with van der Waals surface area (Å²) in [5.74, 6) is 1.62. The van der Waals surface area contributed by atoms with Crippen LogP contribution in [-0.4, -0.2) is 49.5 Å². The molecular formula is C39H48ClN3O4S. The lowest BCUT2D eigenvalue weighted by Crippen LogP contribution is -2.56. The second-order valence-electron chi connectivity index (χ2n) is 15.6. The fourth-order valence-electron chi connectivity index (χ4n) is 8.85. The van der Waals surface area contributed by atoms with E-state index in [2.05, 4.69) is 17.4 Å². The molecule has 3 aromatic rings. The number of nitrogens with one attached hydrogen (secondary N) is 1. The molecule has 2 amide bonds. The van der Waals surface area contributed by atoms with Crippen molar-refractivity contribution >= 4 is 39.1 Å². The van der Waals surface area contributed by atoms with Gasteiger partial charge >= 0.3 is 0 Å². The third-order valence-electron chi connectivity index (χ3n) is 10.5. The smallest absolute Gasteiger partial charge is 0.244 e. The number of benzene rings is 3. The predicted molar refractivity (Wildman–Crippen MR) is 192 cm³/mol. The number of hydrogen-bond acceptors (Lipinski definition) is 4. The summed E-state index contributed by atoms with van der Waals surface area (Å²) in [4.78, 5) is 29.9. The lowest BCUT2D eigenvalue weighted by molar-refractivity contribution is -0.140. The second-order valence-corrected chi connectivity index (χ2v) is 18.0. The van der Waals surface area contributed by atoms with Crippen LogP contribution in [0.3, 0.4) is 0 Å². The van der Waals surface area contributed by atoms with Crippen molar-refractivity contribution in [1.82, 2.24) is 10.2 Å². The third-order valence-corrected chi connectivity index (χ3v) is 11.9. The second kappa shape index (κ2) is 13.5. The molecular weight excluding hydrogens is 642 g/mol. The molecule has 0 radical (unpaired) electrons. The van der Waals surface area contributed by atoms with Gasteiger partial charge < -0.3 is 10.2 Å². The number of amides is 2. The first-order valence-electron chi connectivity index (χ1n) is 17.2. The van der Waals surface area contributed by atoms with E-state index < -0.39 is 34.1 Å². The van der Waals surface area contributed by atoms with E-state index in [1.807, 2.05) is 75.4 Å². The molecule has 7 rings (SSSR count). The molecule has 3 aromatic carbocycles. The zero-order valence-electron chi connectivity index (χ0n) is 28.5. The fourth-order valence-corrected chi connectivity index (χ4v) is 9.83. The van der Waals surface area contributed by atoms with Gasteiger partial charge in [0.15, 0.2) is 0 Å². The number of carbonyl (C=O) groups is 2. The topological polar surface area (TPSA) is 86.8 Å². The summed E-state index contributed by atoms with van der Waals surface area (Å²) < 4.78 is 27.8. The van der Waals surface area contributed by atoms with Gasteiger partial charge in [-0.05, 0) is 123 Å². The zero-order chi connectivity index (χ0) is 34.3. The quantitative estimate of drug-likeness (QED) is 0.232. The number of sulfonamides is 1. The molecule has 4 saturated carbocycles. The molecule has 0 aromatic heterocycles. The Morgan fingerprint density at radius 2 is 1.42 bits per heavy atom. The Balaban J connectivity index is 1.31. The van der Waals surface area contributed by atoms with Crippen molar-refractivity contribution in [3.8, 4) is 0 Å². The van der Waals surface area contributed by atoms with Crippen LogP contribution >= 0.6 is 11.6 Å². The van der Waals surface area contributed by atoms with Crippen molar-refractivity contribution in [2.24, 2.45) is 17.8 Å². The van der Waals surface area contributed by atoms with Gasteiger partial charge in [0.1, 0.15) is 12.6 Å². The van der Waals surface area contributed by atoms with Gasteiger partial charge in [0.05, 0.1) is 11.9 Å². The normalized spacial score (nSPS) is 23.8. The summed E-state index contributed by atoms with van der Waals surface area (Å²) >= 11 is 6.17. The minimum atomic E-state index is -3.85. The first-order valence-corrected chi connectivity index (χ1v) is 19.4. The van der Waals surface area contributed by atoms with Gasteiger partial charge in [-0.15, -0.1) is 0 Å². The molecule has 256 valence electrons. The molecule has 7 nitrogen and oxygen atoms in total. The Bertz CT molecular complexity index is 1680. The summed E-state index contributed by atoms with van der Waals surface area (Å²) in [6, 6.07) is 23.7. The van der Waals surface area contributed by atoms with Gasteiger partial charge in [-0.2, -0.15) is 0 Å². The highest BCUT2D eigenvalue weighted by atomic mass is 35.5. The highest BCUT2D eigenvalue weighted by Crippen LogP contribution is 2.60. The Morgan fingerprint density at radius 1 is 0.854 bits per heavy atom. The van der Waals surface area contributed by atoms with E-state index in [4.69, 9.17) is 11.6 Å². The van der Waals surface area contributed by atoms with Crippen molar-refractivity contribution < 1.29 is 18.0 Å². The van der Waals surface area contributed by atoms with E-state index in [-0.39, 0.29) is 24.3 Å². The van der Waals surface area contributed by atoms with Crippen LogP contribution in [-0.2, 0) is 38.0 Å². The molecule has 4 bridgehead atoms. The lowest BCUT2D eigenvalue weighted by atomic mass is 9.48. The number of halogens is 1. The summed E-state index contributed by atoms with van der Waals surface area (Å²) in [6.45, 7) is 5.36. The highest BCUT2D eigenvalue weighted by molar-refractivity contribution is 7.92. The van der Waals surface area contributed by atoms with Crippen LogP contribution in [0, 0.1) is 17.8 Å². The third kappa shape index (κ3) is 7.92. The largest absolute Gasteiger partial charge is 0.350 e. The van der Waals surface area contributed by atoms with Crippen LogP contribution in [0.25, 0.3) is 0 Å². The molecule has 0 saturated heterocycles. The summed E-state index contributed by atoms with van der Waals surface area (Å²) in [5.41, 5.74) is 3.04. The summed E-state index contributed by atoms with van der Waals surface area (Å²) in [7, 11) is -3.85. The Morgan fingerprint density at radius 3 is 1.94 bits per heavy atom. The standard InChI is InChI=1S/C39H48ClN3O4S/c1-38(2,3)41-37(45)35(21-27-8-6-5-7-9-27)42(25-28-10-14-33(40)15-11-28)36(44)26-43(48(4,46)47)34-16-12-32(13-17-34)39-22-29-18-30(23-39)20-31(19-29)24-39/h5-17,29-31,35H,18-26H2,1-4H3,(H,41,45). The lowest BCUT2D eigenvalue weighted by Gasteiger charge is -2.57. The SMILES string of the molecule is CC(C)(C)NC(=O)C(Cc1ccccc1)N(Cc1ccc(Cl)cc1)C(=O)CN(c1ccc(C23CC4CC(CC(C4)C2)C3)cc1)S(C)(=O)=O. The highest BCUT2D eigenvalue weighted by Gasteiger charge is 2.51. The average molecular weight is 690 g/mol. The molecule has 4 aliphatic carbocycles. The first-order chi connectivity index (χ1) is 22.7. The number of carbonyl (C=O) groups excluding carboxylic acids is 2. The van der Waals surface area contributed by atoms with Crippen LogP contribution in [0.1, 0.15) is 76.0 Å². The summed E-state index contributed by atoms with van der Waals surface area (Å²) in [6.07, 6.45) is 9.10. The molecule has 0 heterocycles. The number of nitrogens with zero attached hydrogens (tertiary/aromatic N) is 2. The maximum atomic E-state index is 14.5. The van der Waals surface area contributed by atoms with Gasteiger partial charge in [-0.3, -0.25) is 13.9 Å². The maximum absolute atomic E-state index is 14.5. The van der Waals surface area contributed by atoms with Gasteiger partial charge in [0.25, 0.3) is 0 Å². The predicted octanol–water partition coefficient (Wildman–Crippen LogP) is 7.13. The Kier molecular flexibility index (Phi) is 9.71. The van der Waals surface area contributed by atoms with Crippen LogP contribution < -0.4 is 9.62 Å². The van der Waals surface area contributed by atoms with E-state index in [1.165, 1.54) is 53.3 Å². The van der Waals surface area contributed by atoms with Crippen LogP contribution in [0.4, 0.5) is 5.69 Å². The first kappa shape index (κ1) is 34.5. The molecule has 0 spiro atoms. The number of rotatable bonds is 11. The number of anilines is 1. The average Bonchev–Trinajstić information content (AvgIpc) is 3.01. The van der Waals surface area contributed by atoms with Crippen molar-refractivity contribution in [3.05, 3.63) is 101 Å². The fraction of sp³-hybridized carbons (Fsp3) is 0.487. The zero-order valence-corrected chi connectivity index (χ0v) is 30.1. The molecule has 1 unspecified atom stereocenters. The monoisotopic (exact) mass is 689 g/mol. The molecule has 4 fully saturated rings. The molecule has 1 atom stereocenters. The van der Waals surface area contributed by atoms with Crippen molar-refractivity contribution in [2.45, 2.75) is 89.3 Å². The Hall–Kier alpha value is -3.36. The van der Waals surface area contributed by atoms with Gasteiger partial charge in [0, 0.05) is 23.5 Å². The van der Waals surface area contributed by atoms with E-state index in [0.717, 1.165) is 35.1 Å². The summed E-state index contributed by atoms with van der Waals surface area (Å²) in [5, 5.41) is 3.62.